The van der Waals surface area contributed by atoms with Gasteiger partial charge in [0.15, 0.2) is 0 Å². The van der Waals surface area contributed by atoms with Crippen molar-refractivity contribution < 1.29 is 9.53 Å². The van der Waals surface area contributed by atoms with Crippen LogP contribution in [0.15, 0.2) is 30.6 Å². The fourth-order valence-corrected chi connectivity index (χ4v) is 1.97. The number of rotatable bonds is 4. The molecule has 1 amide bonds. The van der Waals surface area contributed by atoms with Crippen molar-refractivity contribution in [3.05, 3.63) is 36.4 Å². The van der Waals surface area contributed by atoms with E-state index in [0.29, 0.717) is 17.1 Å². The number of carbonyl (C=O) groups excluding carboxylic acids is 1. The minimum atomic E-state index is -0.361. The minimum absolute atomic E-state index is 0.144. The zero-order valence-electron chi connectivity index (χ0n) is 11.8. The van der Waals surface area contributed by atoms with Gasteiger partial charge in [0.05, 0.1) is 12.8 Å². The lowest BCUT2D eigenvalue weighted by Crippen LogP contribution is -2.24. The van der Waals surface area contributed by atoms with Crippen molar-refractivity contribution in [1.82, 2.24) is 9.55 Å². The molecule has 1 aromatic carbocycles. The zero-order chi connectivity index (χ0) is 14.7. The standard InChI is InChI=1S/C14H18N4O2/c1-9(18-7-6-16-10(18)2)14(19)17-12-5-4-11(15)8-13(12)20-3/h4-9H,15H2,1-3H3,(H,17,19). The van der Waals surface area contributed by atoms with Crippen LogP contribution < -0.4 is 15.8 Å². The summed E-state index contributed by atoms with van der Waals surface area (Å²) in [5, 5.41) is 2.84. The third kappa shape index (κ3) is 2.74. The van der Waals surface area contributed by atoms with Crippen LogP contribution in [0.4, 0.5) is 11.4 Å². The fraction of sp³-hybridized carbons (Fsp3) is 0.286. The van der Waals surface area contributed by atoms with Gasteiger partial charge in [-0.1, -0.05) is 0 Å². The molecule has 1 unspecified atom stereocenters. The number of nitrogens with zero attached hydrogens (tertiary/aromatic N) is 2. The number of nitrogens with two attached hydrogens (primary N) is 1. The van der Waals surface area contributed by atoms with Crippen molar-refractivity contribution >= 4 is 17.3 Å². The maximum absolute atomic E-state index is 12.3. The molecular weight excluding hydrogens is 256 g/mol. The smallest absolute Gasteiger partial charge is 0.247 e. The van der Waals surface area contributed by atoms with Gasteiger partial charge in [0.1, 0.15) is 17.6 Å². The van der Waals surface area contributed by atoms with Crippen molar-refractivity contribution in [2.45, 2.75) is 19.9 Å². The van der Waals surface area contributed by atoms with Gasteiger partial charge >= 0.3 is 0 Å². The number of hydrogen-bond donors (Lipinski definition) is 2. The van der Waals surface area contributed by atoms with E-state index in [-0.39, 0.29) is 11.9 Å². The molecule has 0 saturated carbocycles. The molecular formula is C14H18N4O2. The van der Waals surface area contributed by atoms with Crippen LogP contribution in [0.2, 0.25) is 0 Å². The zero-order valence-corrected chi connectivity index (χ0v) is 11.8. The van der Waals surface area contributed by atoms with E-state index in [1.54, 1.807) is 35.2 Å². The van der Waals surface area contributed by atoms with Crippen LogP contribution in [-0.4, -0.2) is 22.6 Å². The number of aryl methyl sites for hydroxylation is 1. The molecule has 0 aliphatic carbocycles. The Morgan fingerprint density at radius 2 is 2.25 bits per heavy atom. The SMILES string of the molecule is COc1cc(N)ccc1NC(=O)C(C)n1ccnc1C. The molecule has 20 heavy (non-hydrogen) atoms. The van der Waals surface area contributed by atoms with Gasteiger partial charge in [-0.25, -0.2) is 4.98 Å². The predicted molar refractivity (Wildman–Crippen MR) is 77.7 cm³/mol. The number of hydrogen-bond acceptors (Lipinski definition) is 4. The number of amides is 1. The molecule has 0 radical (unpaired) electrons. The average molecular weight is 274 g/mol. The van der Waals surface area contributed by atoms with Gasteiger partial charge in [0.2, 0.25) is 5.91 Å². The molecule has 0 aliphatic heterocycles. The van der Waals surface area contributed by atoms with Crippen LogP contribution >= 0.6 is 0 Å². The van der Waals surface area contributed by atoms with Crippen molar-refractivity contribution in [3.8, 4) is 5.75 Å². The first-order valence-corrected chi connectivity index (χ1v) is 6.26. The largest absolute Gasteiger partial charge is 0.494 e. The molecule has 2 rings (SSSR count). The predicted octanol–water partition coefficient (Wildman–Crippen LogP) is 1.98. The Morgan fingerprint density at radius 3 is 2.85 bits per heavy atom. The number of carbonyl (C=O) groups is 1. The second kappa shape index (κ2) is 5.64. The Kier molecular flexibility index (Phi) is 3.93. The molecule has 1 aromatic heterocycles. The molecule has 106 valence electrons. The molecule has 0 fully saturated rings. The lowest BCUT2D eigenvalue weighted by molar-refractivity contribution is -0.118. The van der Waals surface area contributed by atoms with Crippen molar-refractivity contribution in [3.63, 3.8) is 0 Å². The quantitative estimate of drug-likeness (QED) is 0.835. The third-order valence-electron chi connectivity index (χ3n) is 3.14. The number of anilines is 2. The lowest BCUT2D eigenvalue weighted by Gasteiger charge is -2.16. The normalized spacial score (nSPS) is 11.9. The second-order valence-electron chi connectivity index (χ2n) is 4.51. The summed E-state index contributed by atoms with van der Waals surface area (Å²) in [6, 6.07) is 4.74. The Bertz CT molecular complexity index is 621. The Hall–Kier alpha value is -2.50. The Morgan fingerprint density at radius 1 is 1.50 bits per heavy atom. The van der Waals surface area contributed by atoms with E-state index in [4.69, 9.17) is 10.5 Å². The maximum Gasteiger partial charge on any atom is 0.247 e. The molecule has 6 nitrogen and oxygen atoms in total. The molecule has 0 aliphatic rings. The van der Waals surface area contributed by atoms with Crippen LogP contribution in [0.1, 0.15) is 18.8 Å². The molecule has 3 N–H and O–H groups in total. The number of imidazole rings is 1. The van der Waals surface area contributed by atoms with E-state index < -0.39 is 0 Å². The highest BCUT2D eigenvalue weighted by molar-refractivity contribution is 5.95. The fourth-order valence-electron chi connectivity index (χ4n) is 1.97. The first kappa shape index (κ1) is 13.9. The summed E-state index contributed by atoms with van der Waals surface area (Å²) in [5.41, 5.74) is 6.86. The van der Waals surface area contributed by atoms with Gasteiger partial charge in [0, 0.05) is 24.1 Å². The van der Waals surface area contributed by atoms with Gasteiger partial charge in [-0.15, -0.1) is 0 Å². The van der Waals surface area contributed by atoms with E-state index in [0.717, 1.165) is 5.82 Å². The highest BCUT2D eigenvalue weighted by atomic mass is 16.5. The summed E-state index contributed by atoms with van der Waals surface area (Å²) in [4.78, 5) is 16.4. The number of methoxy groups -OCH3 is 1. The van der Waals surface area contributed by atoms with Gasteiger partial charge in [-0.3, -0.25) is 4.79 Å². The van der Waals surface area contributed by atoms with Gasteiger partial charge in [0.25, 0.3) is 0 Å². The number of nitrogens with one attached hydrogen (secondary N) is 1. The number of benzene rings is 1. The monoisotopic (exact) mass is 274 g/mol. The van der Waals surface area contributed by atoms with Crippen molar-refractivity contribution in [2.24, 2.45) is 0 Å². The topological polar surface area (TPSA) is 82.2 Å². The first-order valence-electron chi connectivity index (χ1n) is 6.26. The van der Waals surface area contributed by atoms with E-state index in [1.807, 2.05) is 13.8 Å². The minimum Gasteiger partial charge on any atom is -0.494 e. The number of aromatic nitrogens is 2. The van der Waals surface area contributed by atoms with Gasteiger partial charge in [-0.2, -0.15) is 0 Å². The molecule has 2 aromatic rings. The van der Waals surface area contributed by atoms with Crippen LogP contribution in [0, 0.1) is 6.92 Å². The number of ether oxygens (including phenoxy) is 1. The summed E-state index contributed by atoms with van der Waals surface area (Å²) in [7, 11) is 1.54. The van der Waals surface area contributed by atoms with Crippen LogP contribution in [0.25, 0.3) is 0 Å². The van der Waals surface area contributed by atoms with E-state index >= 15 is 0 Å². The van der Waals surface area contributed by atoms with Crippen LogP contribution in [0.5, 0.6) is 5.75 Å². The lowest BCUT2D eigenvalue weighted by atomic mass is 10.2. The van der Waals surface area contributed by atoms with Crippen molar-refractivity contribution in [2.75, 3.05) is 18.2 Å². The Balaban J connectivity index is 2.18. The molecule has 0 saturated heterocycles. The van der Waals surface area contributed by atoms with Crippen molar-refractivity contribution in [1.29, 1.82) is 0 Å². The first-order chi connectivity index (χ1) is 9.52. The maximum atomic E-state index is 12.3. The van der Waals surface area contributed by atoms with E-state index in [9.17, 15) is 4.79 Å². The van der Waals surface area contributed by atoms with Crippen LogP contribution in [-0.2, 0) is 4.79 Å². The Labute approximate surface area is 117 Å². The summed E-state index contributed by atoms with van der Waals surface area (Å²) in [6.07, 6.45) is 3.45. The second-order valence-corrected chi connectivity index (χ2v) is 4.51. The summed E-state index contributed by atoms with van der Waals surface area (Å²) in [6.45, 7) is 3.67. The molecule has 0 bridgehead atoms. The highest BCUT2D eigenvalue weighted by Crippen LogP contribution is 2.27. The van der Waals surface area contributed by atoms with Gasteiger partial charge in [-0.05, 0) is 26.0 Å². The molecule has 1 atom stereocenters. The van der Waals surface area contributed by atoms with E-state index in [2.05, 4.69) is 10.3 Å². The van der Waals surface area contributed by atoms with Crippen LogP contribution in [0.3, 0.4) is 0 Å². The summed E-state index contributed by atoms with van der Waals surface area (Å²) < 4.78 is 7.01. The molecule has 0 spiro atoms. The average Bonchev–Trinajstić information content (AvgIpc) is 2.85. The third-order valence-corrected chi connectivity index (χ3v) is 3.14. The number of nitrogen functional groups attached to an aromatic ring is 1. The summed E-state index contributed by atoms with van der Waals surface area (Å²) in [5.74, 6) is 1.18. The molecule has 6 heteroatoms. The van der Waals surface area contributed by atoms with Gasteiger partial charge < -0.3 is 20.4 Å². The van der Waals surface area contributed by atoms with E-state index in [1.165, 1.54) is 7.11 Å². The molecule has 1 heterocycles. The summed E-state index contributed by atoms with van der Waals surface area (Å²) >= 11 is 0. The highest BCUT2D eigenvalue weighted by Gasteiger charge is 2.17.